The number of nitrogen functional groups attached to an aromatic ring is 1. The molecular formula is C7H7N3S. The van der Waals surface area contributed by atoms with Gasteiger partial charge in [0, 0.05) is 10.3 Å². The summed E-state index contributed by atoms with van der Waals surface area (Å²) in [5.41, 5.74) is 5.46. The average molecular weight is 165 g/mol. The highest BCUT2D eigenvalue weighted by Crippen LogP contribution is 2.22. The van der Waals surface area contributed by atoms with Crippen LogP contribution in [-0.4, -0.2) is 10.2 Å². The van der Waals surface area contributed by atoms with Crippen LogP contribution in [0.1, 0.15) is 4.88 Å². The first-order chi connectivity index (χ1) is 5.25. The first-order valence-electron chi connectivity index (χ1n) is 3.25. The summed E-state index contributed by atoms with van der Waals surface area (Å²) in [6.45, 7) is 2.04. The number of anilines is 1. The molecule has 0 aliphatic rings. The highest BCUT2D eigenvalue weighted by molar-refractivity contribution is 7.18. The van der Waals surface area contributed by atoms with Crippen molar-refractivity contribution < 1.29 is 0 Å². The number of fused-ring (bicyclic) bond motifs is 1. The Bertz CT molecular complexity index is 393. The summed E-state index contributed by atoms with van der Waals surface area (Å²) in [4.78, 5) is 2.19. The quantitative estimate of drug-likeness (QED) is 0.644. The summed E-state index contributed by atoms with van der Waals surface area (Å²) in [7, 11) is 0. The van der Waals surface area contributed by atoms with Gasteiger partial charge in [0.05, 0.1) is 0 Å². The Morgan fingerprint density at radius 1 is 1.36 bits per heavy atom. The minimum Gasteiger partial charge on any atom is -0.382 e. The van der Waals surface area contributed by atoms with Crippen molar-refractivity contribution in [3.63, 3.8) is 0 Å². The molecule has 0 atom stereocenters. The molecule has 0 unspecified atom stereocenters. The van der Waals surface area contributed by atoms with E-state index in [0.717, 1.165) is 10.2 Å². The number of nitrogens with zero attached hydrogens (tertiary/aromatic N) is 2. The van der Waals surface area contributed by atoms with Gasteiger partial charge in [-0.05, 0) is 19.1 Å². The van der Waals surface area contributed by atoms with Gasteiger partial charge in [-0.15, -0.1) is 21.5 Å². The minimum atomic E-state index is 0.482. The van der Waals surface area contributed by atoms with Crippen LogP contribution in [0.25, 0.3) is 10.2 Å². The van der Waals surface area contributed by atoms with Gasteiger partial charge < -0.3 is 5.73 Å². The number of aryl methyl sites for hydroxylation is 1. The lowest BCUT2D eigenvalue weighted by Gasteiger charge is -1.87. The predicted molar refractivity (Wildman–Crippen MR) is 46.6 cm³/mol. The molecule has 2 heterocycles. The van der Waals surface area contributed by atoms with E-state index in [1.54, 1.807) is 11.3 Å². The second-order valence-corrected chi connectivity index (χ2v) is 3.62. The minimum absolute atomic E-state index is 0.482. The van der Waals surface area contributed by atoms with E-state index in [-0.39, 0.29) is 0 Å². The molecule has 0 aromatic carbocycles. The van der Waals surface area contributed by atoms with Crippen molar-refractivity contribution in [3.05, 3.63) is 17.0 Å². The van der Waals surface area contributed by atoms with Gasteiger partial charge in [0.2, 0.25) is 0 Å². The molecule has 0 radical (unpaired) electrons. The third-order valence-corrected chi connectivity index (χ3v) is 2.37. The van der Waals surface area contributed by atoms with Crippen LogP contribution in [0.3, 0.4) is 0 Å². The highest BCUT2D eigenvalue weighted by Gasteiger charge is 1.99. The number of thiophene rings is 1. The molecule has 0 fully saturated rings. The van der Waals surface area contributed by atoms with Gasteiger partial charge in [0.25, 0.3) is 0 Å². The van der Waals surface area contributed by atoms with Crippen molar-refractivity contribution >= 4 is 27.4 Å². The van der Waals surface area contributed by atoms with Gasteiger partial charge in [0.1, 0.15) is 10.6 Å². The Balaban J connectivity index is 2.82. The first-order valence-corrected chi connectivity index (χ1v) is 4.07. The van der Waals surface area contributed by atoms with Crippen molar-refractivity contribution in [1.82, 2.24) is 10.2 Å². The van der Waals surface area contributed by atoms with E-state index in [9.17, 15) is 0 Å². The summed E-state index contributed by atoms with van der Waals surface area (Å²) >= 11 is 1.63. The zero-order valence-corrected chi connectivity index (χ0v) is 6.85. The molecule has 0 bridgehead atoms. The number of nitrogens with two attached hydrogens (primary N) is 1. The number of hydrogen-bond acceptors (Lipinski definition) is 4. The normalized spacial score (nSPS) is 10.6. The summed E-state index contributed by atoms with van der Waals surface area (Å²) in [6.07, 6.45) is 0. The third-order valence-electron chi connectivity index (χ3n) is 1.42. The molecule has 0 saturated heterocycles. The molecule has 4 heteroatoms. The Labute approximate surface area is 67.9 Å². The number of rotatable bonds is 0. The van der Waals surface area contributed by atoms with Gasteiger partial charge in [-0.25, -0.2) is 0 Å². The second kappa shape index (κ2) is 2.17. The van der Waals surface area contributed by atoms with Crippen LogP contribution < -0.4 is 5.73 Å². The third kappa shape index (κ3) is 1.05. The molecule has 0 spiro atoms. The number of aromatic nitrogens is 2. The molecule has 0 aliphatic heterocycles. The molecule has 3 nitrogen and oxygen atoms in total. The number of hydrogen-bond donors (Lipinski definition) is 1. The predicted octanol–water partition coefficient (Wildman–Crippen LogP) is 1.58. The van der Waals surface area contributed by atoms with Crippen molar-refractivity contribution in [2.45, 2.75) is 6.92 Å². The Hall–Kier alpha value is -1.16. The summed E-state index contributed by atoms with van der Waals surface area (Å²) in [6, 6.07) is 3.90. The van der Waals surface area contributed by atoms with Crippen molar-refractivity contribution in [2.24, 2.45) is 0 Å². The first kappa shape index (κ1) is 6.54. The Morgan fingerprint density at radius 2 is 2.18 bits per heavy atom. The maximum Gasteiger partial charge on any atom is 0.146 e. The topological polar surface area (TPSA) is 51.8 Å². The van der Waals surface area contributed by atoms with Crippen LogP contribution in [-0.2, 0) is 0 Å². The molecule has 2 rings (SSSR count). The SMILES string of the molecule is Cc1cc2cc(N)nnc2s1. The van der Waals surface area contributed by atoms with Gasteiger partial charge in [-0.3, -0.25) is 0 Å². The van der Waals surface area contributed by atoms with Crippen LogP contribution in [0, 0.1) is 6.92 Å². The van der Waals surface area contributed by atoms with E-state index in [1.165, 1.54) is 4.88 Å². The van der Waals surface area contributed by atoms with Crippen LogP contribution >= 0.6 is 11.3 Å². The van der Waals surface area contributed by atoms with E-state index >= 15 is 0 Å². The summed E-state index contributed by atoms with van der Waals surface area (Å²) in [5, 5.41) is 8.79. The Morgan fingerprint density at radius 3 is 3.00 bits per heavy atom. The molecule has 0 aliphatic carbocycles. The molecule has 0 saturated carbocycles. The van der Waals surface area contributed by atoms with E-state index in [4.69, 9.17) is 5.73 Å². The zero-order chi connectivity index (χ0) is 7.84. The monoisotopic (exact) mass is 165 g/mol. The fourth-order valence-corrected chi connectivity index (χ4v) is 1.80. The van der Waals surface area contributed by atoms with Crippen molar-refractivity contribution in [1.29, 1.82) is 0 Å². The van der Waals surface area contributed by atoms with E-state index in [1.807, 2.05) is 13.0 Å². The largest absolute Gasteiger partial charge is 0.382 e. The van der Waals surface area contributed by atoms with Crippen molar-refractivity contribution in [3.8, 4) is 0 Å². The van der Waals surface area contributed by atoms with E-state index in [2.05, 4.69) is 16.3 Å². The van der Waals surface area contributed by atoms with Gasteiger partial charge in [-0.2, -0.15) is 0 Å². The maximum absolute atomic E-state index is 5.46. The maximum atomic E-state index is 5.46. The van der Waals surface area contributed by atoms with E-state index < -0.39 is 0 Å². The fourth-order valence-electron chi connectivity index (χ4n) is 0.994. The molecule has 2 aromatic rings. The molecule has 11 heavy (non-hydrogen) atoms. The zero-order valence-electron chi connectivity index (χ0n) is 6.03. The summed E-state index contributed by atoms with van der Waals surface area (Å²) < 4.78 is 0. The standard InChI is InChI=1S/C7H7N3S/c1-4-2-5-3-6(8)9-10-7(5)11-4/h2-3H,1H3,(H2,8,9). The smallest absolute Gasteiger partial charge is 0.146 e. The fraction of sp³-hybridized carbons (Fsp3) is 0.143. The molecular weight excluding hydrogens is 158 g/mol. The lowest BCUT2D eigenvalue weighted by Crippen LogP contribution is -1.90. The van der Waals surface area contributed by atoms with Gasteiger partial charge in [0.15, 0.2) is 0 Å². The second-order valence-electron chi connectivity index (χ2n) is 2.39. The van der Waals surface area contributed by atoms with E-state index in [0.29, 0.717) is 5.82 Å². The van der Waals surface area contributed by atoms with Crippen LogP contribution in [0.5, 0.6) is 0 Å². The van der Waals surface area contributed by atoms with Crippen LogP contribution in [0.15, 0.2) is 12.1 Å². The lowest BCUT2D eigenvalue weighted by molar-refractivity contribution is 1.10. The average Bonchev–Trinajstić information content (AvgIpc) is 2.27. The molecule has 56 valence electrons. The van der Waals surface area contributed by atoms with Crippen molar-refractivity contribution in [2.75, 3.05) is 5.73 Å². The molecule has 2 aromatic heterocycles. The van der Waals surface area contributed by atoms with Crippen LogP contribution in [0.2, 0.25) is 0 Å². The molecule has 0 amide bonds. The van der Waals surface area contributed by atoms with Crippen LogP contribution in [0.4, 0.5) is 5.82 Å². The Kier molecular flexibility index (Phi) is 1.29. The van der Waals surface area contributed by atoms with Gasteiger partial charge in [-0.1, -0.05) is 0 Å². The molecule has 2 N–H and O–H groups in total. The highest BCUT2D eigenvalue weighted by atomic mass is 32.1. The lowest BCUT2D eigenvalue weighted by atomic mass is 10.3. The summed E-state index contributed by atoms with van der Waals surface area (Å²) in [5.74, 6) is 0.482. The van der Waals surface area contributed by atoms with Gasteiger partial charge >= 0.3 is 0 Å².